The number of ether oxygens (including phenoxy) is 2. The van der Waals surface area contributed by atoms with Gasteiger partial charge in [0.05, 0.1) is 18.8 Å². The minimum absolute atomic E-state index is 0.00474. The number of nitrogens with zero attached hydrogens (tertiary/aromatic N) is 2. The normalized spacial score (nSPS) is 19.0. The Labute approximate surface area is 264 Å². The maximum atomic E-state index is 12.1. The van der Waals surface area contributed by atoms with Crippen molar-refractivity contribution in [2.75, 3.05) is 5.75 Å². The quantitative estimate of drug-likeness (QED) is 0.152. The number of hydrogen-bond acceptors (Lipinski definition) is 6. The molecule has 11 heteroatoms. The van der Waals surface area contributed by atoms with E-state index < -0.39 is 16.0 Å². The summed E-state index contributed by atoms with van der Waals surface area (Å²) in [6, 6.07) is 23.6. The largest absolute Gasteiger partial charge is 0.392 e. The first-order valence-electron chi connectivity index (χ1n) is 13.3. The highest BCUT2D eigenvalue weighted by Gasteiger charge is 2.33. The van der Waals surface area contributed by atoms with E-state index in [2.05, 4.69) is 10.3 Å². The van der Waals surface area contributed by atoms with Gasteiger partial charge in [-0.3, -0.25) is 4.79 Å². The number of nitrogens with one attached hydrogen (secondary N) is 1. The van der Waals surface area contributed by atoms with Crippen molar-refractivity contribution < 1.29 is 19.4 Å². The molecule has 0 saturated carbocycles. The van der Waals surface area contributed by atoms with Crippen LogP contribution in [0, 0.1) is 0 Å². The van der Waals surface area contributed by atoms with Crippen molar-refractivity contribution in [3.05, 3.63) is 107 Å². The van der Waals surface area contributed by atoms with Gasteiger partial charge in [-0.1, -0.05) is 119 Å². The maximum absolute atomic E-state index is 12.1. The van der Waals surface area contributed by atoms with Crippen LogP contribution in [0.2, 0.25) is 0 Å². The second-order valence-electron chi connectivity index (χ2n) is 9.94. The van der Waals surface area contributed by atoms with Gasteiger partial charge in [-0.05, 0) is 27.8 Å². The van der Waals surface area contributed by atoms with Crippen LogP contribution in [-0.2, 0) is 34.5 Å². The Kier molecular flexibility index (Phi) is 10.2. The highest BCUT2D eigenvalue weighted by molar-refractivity contribution is 7.99. The summed E-state index contributed by atoms with van der Waals surface area (Å²) in [6.45, 7) is 0.209. The molecule has 3 atom stereocenters. The van der Waals surface area contributed by atoms with Crippen LogP contribution in [0.1, 0.15) is 41.1 Å². The predicted molar refractivity (Wildman–Crippen MR) is 166 cm³/mol. The minimum atomic E-state index is -2.02. The third-order valence-electron chi connectivity index (χ3n) is 7.00. The van der Waals surface area contributed by atoms with Crippen molar-refractivity contribution in [3.8, 4) is 11.1 Å². The zero-order valence-corrected chi connectivity index (χ0v) is 25.8. The van der Waals surface area contributed by atoms with E-state index in [9.17, 15) is 9.90 Å². The summed E-state index contributed by atoms with van der Waals surface area (Å²) in [7, 11) is 1.98. The molecule has 1 amide bonds. The molecule has 4 aromatic rings. The highest BCUT2D eigenvalue weighted by atomic mass is 35.6. The van der Waals surface area contributed by atoms with Gasteiger partial charge >= 0.3 is 0 Å². The fraction of sp³-hybridized carbons (Fsp3) is 0.290. The molecule has 2 N–H and O–H groups in total. The number of aryl methyl sites for hydroxylation is 1. The third-order valence-corrected chi connectivity index (χ3v) is 8.70. The first-order chi connectivity index (χ1) is 20.2. The number of benzene rings is 3. The molecule has 1 aliphatic rings. The van der Waals surface area contributed by atoms with E-state index in [4.69, 9.17) is 44.3 Å². The zero-order chi connectivity index (χ0) is 29.7. The van der Waals surface area contributed by atoms with Crippen molar-refractivity contribution in [1.82, 2.24) is 14.9 Å². The molecule has 1 saturated heterocycles. The molecular formula is C31H30Cl3N3O4S. The van der Waals surface area contributed by atoms with E-state index in [1.165, 1.54) is 0 Å². The lowest BCUT2D eigenvalue weighted by molar-refractivity contribution is -0.245. The number of carbonyl (C=O) groups excluding carboxylic acids is 1. The van der Waals surface area contributed by atoms with E-state index >= 15 is 0 Å². The summed E-state index contributed by atoms with van der Waals surface area (Å²) in [4.78, 5) is 16.5. The monoisotopic (exact) mass is 645 g/mol. The second kappa shape index (κ2) is 13.8. The fourth-order valence-electron chi connectivity index (χ4n) is 4.73. The van der Waals surface area contributed by atoms with Gasteiger partial charge < -0.3 is 24.5 Å². The lowest BCUT2D eigenvalue weighted by Crippen LogP contribution is -2.34. The molecule has 3 unspecified atom stereocenters. The van der Waals surface area contributed by atoms with Crippen LogP contribution in [0.3, 0.4) is 0 Å². The van der Waals surface area contributed by atoms with Crippen molar-refractivity contribution in [2.24, 2.45) is 7.05 Å². The Hall–Kier alpha value is -2.56. The lowest BCUT2D eigenvalue weighted by atomic mass is 9.98. The molecular weight excluding hydrogens is 617 g/mol. The molecule has 1 fully saturated rings. The summed E-state index contributed by atoms with van der Waals surface area (Å²) in [6.07, 6.45) is 3.59. The topological polar surface area (TPSA) is 85.6 Å². The van der Waals surface area contributed by atoms with E-state index in [-0.39, 0.29) is 25.4 Å². The van der Waals surface area contributed by atoms with Gasteiger partial charge in [0.25, 0.3) is 9.70 Å². The van der Waals surface area contributed by atoms with Crippen molar-refractivity contribution >= 4 is 52.5 Å². The first kappa shape index (κ1) is 30.9. The average molecular weight is 647 g/mol. The van der Waals surface area contributed by atoms with Crippen molar-refractivity contribution in [1.29, 1.82) is 0 Å². The van der Waals surface area contributed by atoms with Crippen molar-refractivity contribution in [3.63, 3.8) is 0 Å². The number of imidazole rings is 1. The first-order valence-corrected chi connectivity index (χ1v) is 15.5. The number of halogens is 3. The van der Waals surface area contributed by atoms with E-state index in [0.717, 1.165) is 44.3 Å². The fourth-order valence-corrected chi connectivity index (χ4v) is 5.88. The number of hydrogen-bond donors (Lipinski definition) is 2. The summed E-state index contributed by atoms with van der Waals surface area (Å²) < 4.78 is 12.9. The number of amides is 1. The maximum Gasteiger partial charge on any atom is 0.272 e. The molecule has 0 radical (unpaired) electrons. The van der Waals surface area contributed by atoms with Gasteiger partial charge in [0.1, 0.15) is 0 Å². The van der Waals surface area contributed by atoms with Crippen LogP contribution in [-0.4, -0.2) is 36.2 Å². The second-order valence-corrected chi connectivity index (χ2v) is 13.2. The summed E-state index contributed by atoms with van der Waals surface area (Å²) >= 11 is 18.8. The van der Waals surface area contributed by atoms with Gasteiger partial charge in [-0.25, -0.2) is 4.98 Å². The van der Waals surface area contributed by atoms with Gasteiger partial charge in [0, 0.05) is 43.7 Å². The molecule has 220 valence electrons. The molecule has 3 aromatic carbocycles. The molecule has 42 heavy (non-hydrogen) atoms. The van der Waals surface area contributed by atoms with Gasteiger partial charge in [0.2, 0.25) is 0 Å². The Balaban J connectivity index is 1.34. The standard InChI is InChI=1S/C31H30Cl3N3O4S/c1-37-15-14-35-30(37)42-19-25-16-27(22-8-6-20(18-38)7-9-22)41-28(40-25)23-12-10-21(11-13-23)26-5-3-2-4-24(26)17-36-29(39)31(32,33)34/h2-15,25,27-28,38H,16-19H2,1H3,(H,36,39). The number of aliphatic hydroxyl groups excluding tert-OH is 1. The molecule has 2 heterocycles. The Morgan fingerprint density at radius 3 is 2.43 bits per heavy atom. The van der Waals surface area contributed by atoms with E-state index in [1.807, 2.05) is 90.6 Å². The lowest BCUT2D eigenvalue weighted by Gasteiger charge is -2.36. The van der Waals surface area contributed by atoms with Gasteiger partial charge in [-0.2, -0.15) is 0 Å². The van der Waals surface area contributed by atoms with Crippen LogP contribution in [0.4, 0.5) is 0 Å². The summed E-state index contributed by atoms with van der Waals surface area (Å²) in [5.74, 6) is 0.0434. The Morgan fingerprint density at radius 2 is 1.76 bits per heavy atom. The minimum Gasteiger partial charge on any atom is -0.392 e. The third kappa shape index (κ3) is 7.68. The smallest absolute Gasteiger partial charge is 0.272 e. The predicted octanol–water partition coefficient (Wildman–Crippen LogP) is 6.90. The molecule has 0 bridgehead atoms. The van der Waals surface area contributed by atoms with Crippen molar-refractivity contribution in [2.45, 2.75) is 47.0 Å². The van der Waals surface area contributed by atoms with Crippen LogP contribution < -0.4 is 5.32 Å². The van der Waals surface area contributed by atoms with Crippen LogP contribution in [0.5, 0.6) is 0 Å². The Bertz CT molecular complexity index is 1490. The number of thioether (sulfide) groups is 1. The number of aliphatic hydroxyl groups is 1. The molecule has 1 aromatic heterocycles. The Morgan fingerprint density at radius 1 is 1.05 bits per heavy atom. The SMILES string of the molecule is Cn1ccnc1SCC1CC(c2ccc(CO)cc2)OC(c2ccc(-c3ccccc3CNC(=O)C(Cl)(Cl)Cl)cc2)O1. The summed E-state index contributed by atoms with van der Waals surface area (Å²) in [5.41, 5.74) is 5.58. The van der Waals surface area contributed by atoms with Crippen LogP contribution in [0.15, 0.2) is 90.3 Å². The molecule has 5 rings (SSSR count). The molecule has 1 aliphatic heterocycles. The molecule has 0 spiro atoms. The van der Waals surface area contributed by atoms with Gasteiger partial charge in [0.15, 0.2) is 11.4 Å². The number of alkyl halides is 3. The average Bonchev–Trinajstić information content (AvgIpc) is 3.42. The molecule has 7 nitrogen and oxygen atoms in total. The van der Waals surface area contributed by atoms with Gasteiger partial charge in [-0.15, -0.1) is 0 Å². The van der Waals surface area contributed by atoms with Crippen LogP contribution >= 0.6 is 46.6 Å². The number of rotatable bonds is 9. The van der Waals surface area contributed by atoms with Crippen LogP contribution in [0.25, 0.3) is 11.1 Å². The van der Waals surface area contributed by atoms with E-state index in [0.29, 0.717) is 6.42 Å². The summed E-state index contributed by atoms with van der Waals surface area (Å²) in [5, 5.41) is 13.1. The number of aromatic nitrogens is 2. The molecule has 0 aliphatic carbocycles. The van der Waals surface area contributed by atoms with E-state index in [1.54, 1.807) is 18.0 Å². The number of carbonyl (C=O) groups is 1. The highest BCUT2D eigenvalue weighted by Crippen LogP contribution is 2.40. The zero-order valence-electron chi connectivity index (χ0n) is 22.8.